The maximum Gasteiger partial charge on any atom is 0.328 e. The molecule has 3 aromatic heterocycles. The van der Waals surface area contributed by atoms with Crippen LogP contribution < -0.4 is 11.2 Å². The lowest BCUT2D eigenvalue weighted by atomic mass is 10.3. The summed E-state index contributed by atoms with van der Waals surface area (Å²) < 4.78 is 2.10. The molecule has 0 bridgehead atoms. The molecule has 3 heterocycles. The first-order valence-corrected chi connectivity index (χ1v) is 6.90. The highest BCUT2D eigenvalue weighted by molar-refractivity contribution is 7.25. The highest BCUT2D eigenvalue weighted by Gasteiger charge is 2.15. The molecule has 3 rings (SSSR count). The molecule has 0 aromatic carbocycles. The van der Waals surface area contributed by atoms with Gasteiger partial charge in [0.1, 0.15) is 15.0 Å². The van der Waals surface area contributed by atoms with E-state index in [0.717, 1.165) is 12.8 Å². The molecule has 3 aromatic rings. The molecular weight excluding hydrogens is 300 g/mol. The van der Waals surface area contributed by atoms with E-state index in [1.807, 2.05) is 0 Å². The number of halogens is 1. The summed E-state index contributed by atoms with van der Waals surface area (Å²) in [6.45, 7) is 2.63. The molecule has 0 saturated heterocycles. The van der Waals surface area contributed by atoms with Gasteiger partial charge in [0, 0.05) is 18.9 Å². The molecule has 0 atom stereocenters. The molecule has 0 aliphatic rings. The number of rotatable bonds is 3. The van der Waals surface area contributed by atoms with Crippen molar-refractivity contribution in [2.75, 3.05) is 0 Å². The first-order valence-electron chi connectivity index (χ1n) is 6.08. The van der Waals surface area contributed by atoms with Gasteiger partial charge in [0.25, 0.3) is 5.56 Å². The zero-order valence-electron chi connectivity index (χ0n) is 10.8. The topological polar surface area (TPSA) is 80.6 Å². The molecule has 0 aliphatic carbocycles. The summed E-state index contributed by atoms with van der Waals surface area (Å²) in [6, 6.07) is 0. The Balaban J connectivity index is 0.00000147. The molecule has 0 aliphatic heterocycles. The van der Waals surface area contributed by atoms with E-state index >= 15 is 0 Å². The Labute approximate surface area is 123 Å². The number of hydrogen-bond acceptors (Lipinski definition) is 5. The van der Waals surface area contributed by atoms with E-state index in [1.54, 1.807) is 17.0 Å². The zero-order valence-corrected chi connectivity index (χ0v) is 12.4. The van der Waals surface area contributed by atoms with E-state index in [4.69, 9.17) is 0 Å². The van der Waals surface area contributed by atoms with Gasteiger partial charge in [-0.05, 0) is 6.42 Å². The summed E-state index contributed by atoms with van der Waals surface area (Å²) in [5.74, 6) is 0. The van der Waals surface area contributed by atoms with Gasteiger partial charge in [0.05, 0.1) is 5.52 Å². The first-order chi connectivity index (χ1) is 9.22. The van der Waals surface area contributed by atoms with Crippen LogP contribution in [0.25, 0.3) is 20.6 Å². The van der Waals surface area contributed by atoms with E-state index in [0.29, 0.717) is 27.1 Å². The molecule has 106 valence electrons. The number of nitrogens with zero attached hydrogens (tertiary/aromatic N) is 3. The van der Waals surface area contributed by atoms with Crippen molar-refractivity contribution in [1.29, 1.82) is 0 Å². The van der Waals surface area contributed by atoms with Crippen LogP contribution in [0, 0.1) is 0 Å². The lowest BCUT2D eigenvalue weighted by Gasteiger charge is -2.05. The molecule has 8 heteroatoms. The molecule has 0 fully saturated rings. The predicted molar refractivity (Wildman–Crippen MR) is 82.0 cm³/mol. The molecule has 6 nitrogen and oxygen atoms in total. The molecule has 0 spiro atoms. The second kappa shape index (κ2) is 5.72. The fourth-order valence-corrected chi connectivity index (χ4v) is 3.07. The van der Waals surface area contributed by atoms with Gasteiger partial charge in [-0.2, -0.15) is 0 Å². The van der Waals surface area contributed by atoms with Crippen LogP contribution in [0.15, 0.2) is 22.0 Å². The molecule has 0 amide bonds. The van der Waals surface area contributed by atoms with E-state index in [1.165, 1.54) is 11.3 Å². The zero-order chi connectivity index (χ0) is 13.4. The minimum atomic E-state index is -0.378. The van der Waals surface area contributed by atoms with Gasteiger partial charge in [0.15, 0.2) is 0 Å². The number of H-pyrrole nitrogens is 1. The third-order valence-corrected chi connectivity index (χ3v) is 4.05. The highest BCUT2D eigenvalue weighted by Crippen LogP contribution is 2.27. The van der Waals surface area contributed by atoms with Crippen LogP contribution in [0.3, 0.4) is 0 Å². The van der Waals surface area contributed by atoms with Gasteiger partial charge in [0.2, 0.25) is 0 Å². The number of aromatic nitrogens is 4. The average Bonchev–Trinajstić information content (AvgIpc) is 2.79. The van der Waals surface area contributed by atoms with E-state index in [-0.39, 0.29) is 23.7 Å². The van der Waals surface area contributed by atoms with Crippen LogP contribution in [0.4, 0.5) is 0 Å². The summed E-state index contributed by atoms with van der Waals surface area (Å²) >= 11 is 1.27. The number of aryl methyl sites for hydroxylation is 1. The van der Waals surface area contributed by atoms with Crippen molar-refractivity contribution in [3.8, 4) is 0 Å². The second-order valence-electron chi connectivity index (χ2n) is 4.25. The lowest BCUT2D eigenvalue weighted by Crippen LogP contribution is -2.29. The van der Waals surface area contributed by atoms with Crippen molar-refractivity contribution in [1.82, 2.24) is 19.5 Å². The van der Waals surface area contributed by atoms with Gasteiger partial charge >= 0.3 is 5.69 Å². The maximum absolute atomic E-state index is 12.0. The summed E-state index contributed by atoms with van der Waals surface area (Å²) in [5, 5.41) is 0. The number of fused-ring (bicyclic) bond motifs is 3. The summed E-state index contributed by atoms with van der Waals surface area (Å²) in [4.78, 5) is 35.3. The van der Waals surface area contributed by atoms with Gasteiger partial charge in [-0.1, -0.05) is 13.3 Å². The van der Waals surface area contributed by atoms with Crippen molar-refractivity contribution in [3.05, 3.63) is 33.2 Å². The largest absolute Gasteiger partial charge is 0.328 e. The number of nitrogens with one attached hydrogen (secondary N) is 1. The summed E-state index contributed by atoms with van der Waals surface area (Å²) in [7, 11) is 0. The molecule has 0 saturated carbocycles. The van der Waals surface area contributed by atoms with Gasteiger partial charge in [-0.15, -0.1) is 23.7 Å². The number of hydrogen-bond donors (Lipinski definition) is 1. The van der Waals surface area contributed by atoms with Crippen LogP contribution in [0.1, 0.15) is 19.8 Å². The smallest absolute Gasteiger partial charge is 0.290 e. The van der Waals surface area contributed by atoms with Crippen molar-refractivity contribution in [3.63, 3.8) is 0 Å². The number of aromatic amines is 1. The van der Waals surface area contributed by atoms with Crippen molar-refractivity contribution in [2.45, 2.75) is 26.3 Å². The van der Waals surface area contributed by atoms with Crippen LogP contribution >= 0.6 is 23.7 Å². The Morgan fingerprint density at radius 2 is 2.05 bits per heavy atom. The summed E-state index contributed by atoms with van der Waals surface area (Å²) in [6.07, 6.45) is 5.00. The quantitative estimate of drug-likeness (QED) is 0.801. The Morgan fingerprint density at radius 1 is 1.30 bits per heavy atom. The fraction of sp³-hybridized carbons (Fsp3) is 0.333. The van der Waals surface area contributed by atoms with Gasteiger partial charge in [-0.25, -0.2) is 14.8 Å². The predicted octanol–water partition coefficient (Wildman–Crippen LogP) is 1.92. The fourth-order valence-electron chi connectivity index (χ4n) is 2.07. The first kappa shape index (κ1) is 14.7. The van der Waals surface area contributed by atoms with Crippen LogP contribution in [0.5, 0.6) is 0 Å². The number of thiophene rings is 1. The molecular formula is C12H13ClN4O2S. The third kappa shape index (κ3) is 2.23. The SMILES string of the molecule is CCCCn1c(=O)[nH]c(=O)c2sc3nccnc3c21.Cl. The van der Waals surface area contributed by atoms with Crippen molar-refractivity contribution >= 4 is 44.3 Å². The van der Waals surface area contributed by atoms with Crippen LogP contribution in [0.2, 0.25) is 0 Å². The standard InChI is InChI=1S/C12H12N4O2S.ClH/c1-2-3-6-16-8-7-11(14-5-4-13-7)19-9(8)10(17)15-12(16)18;/h4-5H,2-3,6H2,1H3,(H,15,17,18);1H. The van der Waals surface area contributed by atoms with Crippen molar-refractivity contribution in [2.24, 2.45) is 0 Å². The minimum Gasteiger partial charge on any atom is -0.290 e. The number of unbranched alkanes of at least 4 members (excludes halogenated alkanes) is 1. The van der Waals surface area contributed by atoms with E-state index in [2.05, 4.69) is 21.9 Å². The van der Waals surface area contributed by atoms with Gasteiger partial charge in [-0.3, -0.25) is 14.3 Å². The molecule has 20 heavy (non-hydrogen) atoms. The lowest BCUT2D eigenvalue weighted by molar-refractivity contribution is 0.619. The Bertz CT molecular complexity index is 867. The highest BCUT2D eigenvalue weighted by atomic mass is 35.5. The Kier molecular flexibility index (Phi) is 4.20. The van der Waals surface area contributed by atoms with Crippen LogP contribution in [-0.2, 0) is 6.54 Å². The average molecular weight is 313 g/mol. The molecule has 1 N–H and O–H groups in total. The third-order valence-electron chi connectivity index (χ3n) is 2.98. The molecule has 0 unspecified atom stereocenters. The monoisotopic (exact) mass is 312 g/mol. The Morgan fingerprint density at radius 3 is 2.80 bits per heavy atom. The van der Waals surface area contributed by atoms with E-state index in [9.17, 15) is 9.59 Å². The minimum absolute atomic E-state index is 0. The normalized spacial score (nSPS) is 10.8. The second-order valence-corrected chi connectivity index (χ2v) is 5.25. The van der Waals surface area contributed by atoms with E-state index < -0.39 is 0 Å². The van der Waals surface area contributed by atoms with Gasteiger partial charge < -0.3 is 0 Å². The summed E-state index contributed by atoms with van der Waals surface area (Å²) in [5.41, 5.74) is 0.492. The van der Waals surface area contributed by atoms with Crippen molar-refractivity contribution < 1.29 is 0 Å². The molecule has 0 radical (unpaired) electrons. The maximum atomic E-state index is 12.0. The Hall–Kier alpha value is -1.73. The van der Waals surface area contributed by atoms with Crippen LogP contribution in [-0.4, -0.2) is 19.5 Å².